The van der Waals surface area contributed by atoms with E-state index in [9.17, 15) is 36.3 Å². The Labute approximate surface area is 682 Å². The SMILES string of the molecule is CC(C)Oc1ccc(-c2nn(C(C)c3nc4ccc(Cl)cn4c(=O)c3-c3cccc(F)c3)c3ncnc(N)c23)cc1F.CC(c1nc2ccc(F)cn2c(=O)c1-c1cccc(F)c1)n1nc(-c2cnc(N(C)C)s2)c2c(N)ncnc21.COc1ncc(-c2nn(C(C)c3nc4ccc(F)cn4c(=O)c3-c3cccc(F)c3)c3ncnc(N)c23)cn1. The summed E-state index contributed by atoms with van der Waals surface area (Å²) in [6, 6.07) is 28.0. The highest BCUT2D eigenvalue weighted by atomic mass is 35.5. The Morgan fingerprint density at radius 1 is 0.442 bits per heavy atom. The number of aromatic nitrogens is 21. The maximum absolute atomic E-state index is 15.0. The van der Waals surface area contributed by atoms with E-state index in [2.05, 4.69) is 44.9 Å². The second kappa shape index (κ2) is 31.9. The van der Waals surface area contributed by atoms with Crippen LogP contribution in [0.5, 0.6) is 11.8 Å². The molecule has 0 fully saturated rings. The van der Waals surface area contributed by atoms with Crippen LogP contribution in [-0.4, -0.2) is 130 Å². The van der Waals surface area contributed by atoms with Crippen molar-refractivity contribution < 1.29 is 35.8 Å². The van der Waals surface area contributed by atoms with Crippen LogP contribution in [0.15, 0.2) is 198 Å². The third kappa shape index (κ3) is 14.7. The van der Waals surface area contributed by atoms with Crippen LogP contribution in [0.25, 0.3) is 117 Å². The van der Waals surface area contributed by atoms with Gasteiger partial charge in [0, 0.05) is 62.4 Å². The van der Waals surface area contributed by atoms with Crippen LogP contribution in [0.3, 0.4) is 0 Å². The lowest BCUT2D eigenvalue weighted by atomic mass is 10.0. The molecule has 120 heavy (non-hydrogen) atoms. The van der Waals surface area contributed by atoms with E-state index in [0.717, 1.165) is 31.2 Å². The molecule has 18 rings (SSSR count). The van der Waals surface area contributed by atoms with Crippen molar-refractivity contribution in [2.75, 3.05) is 43.3 Å². The second-order valence-corrected chi connectivity index (χ2v) is 29.2. The van der Waals surface area contributed by atoms with Crippen LogP contribution in [0, 0.1) is 34.9 Å². The fourth-order valence-electron chi connectivity index (χ4n) is 13.9. The number of fused-ring (bicyclic) bond motifs is 6. The number of benzene rings is 4. The summed E-state index contributed by atoms with van der Waals surface area (Å²) >= 11 is 7.60. The summed E-state index contributed by atoms with van der Waals surface area (Å²) in [5.41, 5.74) is 23.6. The van der Waals surface area contributed by atoms with Crippen molar-refractivity contribution in [2.45, 2.75) is 58.8 Å². The summed E-state index contributed by atoms with van der Waals surface area (Å²) in [5, 5.41) is 16.9. The number of hydrogen-bond donors (Lipinski definition) is 3. The molecule has 0 radical (unpaired) electrons. The van der Waals surface area contributed by atoms with E-state index in [1.165, 1.54) is 151 Å². The third-order valence-electron chi connectivity index (χ3n) is 19.4. The van der Waals surface area contributed by atoms with Gasteiger partial charge in [0.15, 0.2) is 33.6 Å². The van der Waals surface area contributed by atoms with Crippen molar-refractivity contribution in [3.8, 4) is 78.2 Å². The number of pyridine rings is 3. The van der Waals surface area contributed by atoms with Gasteiger partial charge in [-0.3, -0.25) is 27.6 Å². The highest BCUT2D eigenvalue weighted by Gasteiger charge is 2.32. The summed E-state index contributed by atoms with van der Waals surface area (Å²) in [7, 11) is 5.24. The molecule has 3 atom stereocenters. The number of nitrogens with two attached hydrogens (primary N) is 3. The average molecular weight is 1660 g/mol. The summed E-state index contributed by atoms with van der Waals surface area (Å²) in [4.78, 5) is 96.5. The molecule has 0 amide bonds. The van der Waals surface area contributed by atoms with Crippen LogP contribution in [0.2, 0.25) is 5.02 Å². The predicted octanol–water partition coefficient (Wildman–Crippen LogP) is 13.7. The molecule has 38 heteroatoms. The maximum Gasteiger partial charge on any atom is 0.316 e. The van der Waals surface area contributed by atoms with Crippen molar-refractivity contribution in [3.63, 3.8) is 0 Å². The molecule has 0 spiro atoms. The first-order valence-electron chi connectivity index (χ1n) is 36.6. The lowest BCUT2D eigenvalue weighted by Gasteiger charge is -2.18. The second-order valence-electron chi connectivity index (χ2n) is 27.7. The van der Waals surface area contributed by atoms with E-state index in [1.54, 1.807) is 91.3 Å². The molecular formula is C82H64ClF6N25O5S. The molecule has 602 valence electrons. The number of anilines is 4. The lowest BCUT2D eigenvalue weighted by molar-refractivity contribution is 0.231. The van der Waals surface area contributed by atoms with Gasteiger partial charge in [0.2, 0.25) is 0 Å². The highest BCUT2D eigenvalue weighted by Crippen LogP contribution is 2.42. The topological polar surface area (TPSA) is 372 Å². The minimum atomic E-state index is -0.712. The number of halogens is 7. The van der Waals surface area contributed by atoms with Gasteiger partial charge in [0.25, 0.3) is 16.7 Å². The maximum atomic E-state index is 15.0. The zero-order valence-corrected chi connectivity index (χ0v) is 65.9. The first kappa shape index (κ1) is 78.9. The quantitative estimate of drug-likeness (QED) is 0.0756. The Morgan fingerprint density at radius 2 is 0.850 bits per heavy atom. The van der Waals surface area contributed by atoms with Gasteiger partial charge in [-0.2, -0.15) is 15.3 Å². The standard InChI is InChI=1S/C30H24ClF2N7O2.C26H19F2N9O2.C26H21F2N9OS/c1-15(2)42-22-9-7-18(12-21(22)33)27-25-28(34)35-14-36-29(25)40(38-27)16(3)26-24(17-5-4-6-20(32)11-17)30(41)39-13-19(31)8-10-23(39)37-26;1-13(37-24-20(23(29)32-12-33-24)22(35-37)15-9-30-26(39-2)31-10-15)21-19(14-4-3-5-16(27)8-14)25(38)36-11-17(28)6-7-18(36)34-21;1-13(37-24-20(23(29)31-12-32-24)22(34-37)17-10-30-26(39-17)35(2)3)21-19(14-5-4-6-15(27)9-14)25(38)36-11-16(28)7-8-18(36)33-21/h4-16H,1-3H3,(H2,34,35,36);3-13H,1-2H3,(H2,29,32,33);4-13H,1-3H3,(H2,29,31,32). The van der Waals surface area contributed by atoms with Crippen LogP contribution in [-0.2, 0) is 0 Å². The molecule has 30 nitrogen and oxygen atoms in total. The van der Waals surface area contributed by atoms with Gasteiger partial charge in [0.1, 0.15) is 99.5 Å². The molecule has 0 bridgehead atoms. The molecule has 14 aromatic heterocycles. The molecule has 3 unspecified atom stereocenters. The Balaban J connectivity index is 0.000000134. The molecule has 0 aliphatic carbocycles. The van der Waals surface area contributed by atoms with Crippen molar-refractivity contribution >= 4 is 95.6 Å². The molecular weight excluding hydrogens is 1600 g/mol. The molecule has 18 aromatic rings. The molecule has 0 aliphatic heterocycles. The fourth-order valence-corrected chi connectivity index (χ4v) is 14.9. The molecule has 0 saturated heterocycles. The van der Waals surface area contributed by atoms with Crippen LogP contribution in [0.1, 0.15) is 69.8 Å². The smallest absolute Gasteiger partial charge is 0.316 e. The van der Waals surface area contributed by atoms with Gasteiger partial charge in [-0.05, 0) is 142 Å². The minimum Gasteiger partial charge on any atom is -0.488 e. The predicted molar refractivity (Wildman–Crippen MR) is 440 cm³/mol. The number of hydrogen-bond acceptors (Lipinski definition) is 25. The molecule has 0 saturated carbocycles. The molecule has 6 N–H and O–H groups in total. The fraction of sp³-hybridized carbons (Fsp3) is 0.146. The largest absolute Gasteiger partial charge is 0.488 e. The Morgan fingerprint density at radius 3 is 1.25 bits per heavy atom. The van der Waals surface area contributed by atoms with Gasteiger partial charge in [-0.1, -0.05) is 59.3 Å². The van der Waals surface area contributed by atoms with E-state index in [1.807, 2.05) is 19.0 Å². The normalized spacial score (nSPS) is 12.3. The number of methoxy groups -OCH3 is 1. The summed E-state index contributed by atoms with van der Waals surface area (Å²) < 4.78 is 105. The van der Waals surface area contributed by atoms with Crippen LogP contribution < -0.4 is 48.3 Å². The van der Waals surface area contributed by atoms with Gasteiger partial charge in [0.05, 0.1) is 91.2 Å². The van der Waals surface area contributed by atoms with Gasteiger partial charge >= 0.3 is 6.01 Å². The first-order valence-corrected chi connectivity index (χ1v) is 37.8. The van der Waals surface area contributed by atoms with E-state index >= 15 is 4.39 Å². The number of rotatable bonds is 16. The summed E-state index contributed by atoms with van der Waals surface area (Å²) in [6.45, 7) is 8.97. The highest BCUT2D eigenvalue weighted by molar-refractivity contribution is 7.19. The van der Waals surface area contributed by atoms with E-state index < -0.39 is 69.7 Å². The van der Waals surface area contributed by atoms with Crippen molar-refractivity contribution in [2.24, 2.45) is 0 Å². The van der Waals surface area contributed by atoms with Crippen LogP contribution in [0.4, 0.5) is 48.9 Å². The van der Waals surface area contributed by atoms with Crippen molar-refractivity contribution in [1.82, 2.24) is 102 Å². The molecule has 14 heterocycles. The average Bonchev–Trinajstić information content (AvgIpc) is 1.42. The van der Waals surface area contributed by atoms with Gasteiger partial charge in [-0.15, -0.1) is 0 Å². The zero-order valence-electron chi connectivity index (χ0n) is 64.3. The number of ether oxygens (including phenoxy) is 2. The Bertz CT molecular complexity index is 7300. The zero-order chi connectivity index (χ0) is 84.4. The van der Waals surface area contributed by atoms with E-state index in [4.69, 9.17) is 68.5 Å². The molecule has 4 aromatic carbocycles. The number of nitrogen functional groups attached to an aromatic ring is 3. The van der Waals surface area contributed by atoms with Gasteiger partial charge < -0.3 is 31.6 Å². The number of nitrogens with zero attached hydrogens (tertiary/aromatic N) is 22. The summed E-state index contributed by atoms with van der Waals surface area (Å²) in [5.74, 6) is -2.70. The van der Waals surface area contributed by atoms with Crippen LogP contribution >= 0.6 is 22.9 Å². The van der Waals surface area contributed by atoms with E-state index in [0.29, 0.717) is 94.5 Å². The third-order valence-corrected chi connectivity index (χ3v) is 20.8. The first-order chi connectivity index (χ1) is 57.7. The lowest BCUT2D eigenvalue weighted by Crippen LogP contribution is -2.23. The monoisotopic (exact) mass is 1660 g/mol. The Hall–Kier alpha value is -15.0. The van der Waals surface area contributed by atoms with E-state index in [-0.39, 0.29) is 74.6 Å². The summed E-state index contributed by atoms with van der Waals surface area (Å²) in [6.07, 6.45) is 12.0. The van der Waals surface area contributed by atoms with Crippen molar-refractivity contribution in [1.29, 1.82) is 0 Å². The van der Waals surface area contributed by atoms with Gasteiger partial charge in [-0.25, -0.2) is 100 Å². The molecule has 0 aliphatic rings. The minimum absolute atomic E-state index is 0.0881. The van der Waals surface area contributed by atoms with Crippen molar-refractivity contribution in [3.05, 3.63) is 272 Å². The Kier molecular flexibility index (Phi) is 21.0. The number of thiazole rings is 1.